The largest absolute Gasteiger partial charge is 0.310 e. The van der Waals surface area contributed by atoms with Gasteiger partial charge in [-0.15, -0.1) is 0 Å². The zero-order valence-electron chi connectivity index (χ0n) is 32.4. The van der Waals surface area contributed by atoms with Gasteiger partial charge < -0.3 is 9.80 Å². The van der Waals surface area contributed by atoms with Crippen LogP contribution >= 0.6 is 0 Å². The smallest absolute Gasteiger partial charge is 0.0485 e. The Kier molecular flexibility index (Phi) is 9.69. The van der Waals surface area contributed by atoms with E-state index < -0.39 is 0 Å². The van der Waals surface area contributed by atoms with Gasteiger partial charge in [0.25, 0.3) is 0 Å². The Morgan fingerprint density at radius 2 is 0.490 bits per heavy atom. The standard InChI is InChI=1S/C47H58N2/c1-33-30-42(48(38-22-14-34(15-23-38)44(2,3)4)39-24-16-35(17-25-39)45(5,6)7)32-43(31-33)49(40-26-18-36(19-27-40)46(8,9)10)41-28-20-37(21-29-41)47(11,12)13/h14-32H,1-13H3. The summed E-state index contributed by atoms with van der Waals surface area (Å²) in [6.45, 7) is 29.5. The number of rotatable bonds is 6. The zero-order chi connectivity index (χ0) is 35.9. The first kappa shape index (κ1) is 36.0. The van der Waals surface area contributed by atoms with Crippen molar-refractivity contribution in [1.82, 2.24) is 0 Å². The first-order valence-electron chi connectivity index (χ1n) is 17.9. The van der Waals surface area contributed by atoms with E-state index in [1.807, 2.05) is 0 Å². The van der Waals surface area contributed by atoms with Gasteiger partial charge in [0, 0.05) is 34.1 Å². The molecule has 0 saturated heterocycles. The van der Waals surface area contributed by atoms with Crippen molar-refractivity contribution in [2.45, 2.75) is 112 Å². The molecule has 0 aliphatic rings. The molecule has 2 heteroatoms. The van der Waals surface area contributed by atoms with Gasteiger partial charge in [-0.05, 0) is 123 Å². The van der Waals surface area contributed by atoms with Crippen LogP contribution in [0.1, 0.15) is 111 Å². The highest BCUT2D eigenvalue weighted by Gasteiger charge is 2.22. The second-order valence-electron chi connectivity index (χ2n) is 17.9. The molecule has 0 fully saturated rings. The summed E-state index contributed by atoms with van der Waals surface area (Å²) in [5.41, 5.74) is 13.7. The molecule has 5 rings (SSSR count). The molecular weight excluding hydrogens is 593 g/mol. The summed E-state index contributed by atoms with van der Waals surface area (Å²) >= 11 is 0. The van der Waals surface area contributed by atoms with Crippen LogP contribution in [0.15, 0.2) is 115 Å². The van der Waals surface area contributed by atoms with Gasteiger partial charge in [-0.3, -0.25) is 0 Å². The van der Waals surface area contributed by atoms with Gasteiger partial charge in [-0.1, -0.05) is 132 Å². The maximum absolute atomic E-state index is 2.40. The Balaban J connectivity index is 1.70. The third-order valence-corrected chi connectivity index (χ3v) is 9.53. The van der Waals surface area contributed by atoms with Crippen LogP contribution in [0, 0.1) is 6.92 Å². The van der Waals surface area contributed by atoms with Crippen LogP contribution in [0.5, 0.6) is 0 Å². The van der Waals surface area contributed by atoms with Crippen LogP contribution in [0.2, 0.25) is 0 Å². The lowest BCUT2D eigenvalue weighted by Crippen LogP contribution is -2.16. The van der Waals surface area contributed by atoms with E-state index in [-0.39, 0.29) is 21.7 Å². The van der Waals surface area contributed by atoms with Gasteiger partial charge in [0.15, 0.2) is 0 Å². The third-order valence-electron chi connectivity index (χ3n) is 9.53. The van der Waals surface area contributed by atoms with Crippen molar-refractivity contribution in [1.29, 1.82) is 0 Å². The van der Waals surface area contributed by atoms with E-state index in [0.717, 1.165) is 34.1 Å². The Morgan fingerprint density at radius 3 is 0.673 bits per heavy atom. The Hall–Kier alpha value is -4.30. The van der Waals surface area contributed by atoms with Crippen LogP contribution < -0.4 is 9.80 Å². The number of anilines is 6. The van der Waals surface area contributed by atoms with Gasteiger partial charge in [-0.25, -0.2) is 0 Å². The number of hydrogen-bond acceptors (Lipinski definition) is 2. The van der Waals surface area contributed by atoms with E-state index in [1.165, 1.54) is 27.8 Å². The second-order valence-corrected chi connectivity index (χ2v) is 17.9. The van der Waals surface area contributed by atoms with Crippen molar-refractivity contribution in [2.75, 3.05) is 9.80 Å². The predicted octanol–water partition coefficient (Wildman–Crippen LogP) is 14.1. The summed E-state index contributed by atoms with van der Waals surface area (Å²) in [6, 6.07) is 43.4. The molecule has 2 nitrogen and oxygen atoms in total. The van der Waals surface area contributed by atoms with Crippen molar-refractivity contribution in [3.63, 3.8) is 0 Å². The first-order valence-corrected chi connectivity index (χ1v) is 17.9. The minimum absolute atomic E-state index is 0.0831. The number of hydrogen-bond donors (Lipinski definition) is 0. The molecule has 0 aromatic heterocycles. The lowest BCUT2D eigenvalue weighted by molar-refractivity contribution is 0.590. The summed E-state index contributed by atoms with van der Waals surface area (Å²) in [5.74, 6) is 0. The van der Waals surface area contributed by atoms with Gasteiger partial charge >= 0.3 is 0 Å². The Labute approximate surface area is 297 Å². The van der Waals surface area contributed by atoms with Crippen LogP contribution in [-0.2, 0) is 21.7 Å². The van der Waals surface area contributed by atoms with Gasteiger partial charge in [0.2, 0.25) is 0 Å². The van der Waals surface area contributed by atoms with E-state index in [4.69, 9.17) is 0 Å². The SMILES string of the molecule is Cc1cc(N(c2ccc(C(C)(C)C)cc2)c2ccc(C(C)(C)C)cc2)cc(N(c2ccc(C(C)(C)C)cc2)c2ccc(C(C)(C)C)cc2)c1. The minimum atomic E-state index is 0.0831. The quantitative estimate of drug-likeness (QED) is 0.180. The summed E-state index contributed by atoms with van der Waals surface area (Å²) in [7, 11) is 0. The van der Waals surface area contributed by atoms with Crippen molar-refractivity contribution >= 4 is 34.1 Å². The second kappa shape index (κ2) is 13.2. The highest BCUT2D eigenvalue weighted by atomic mass is 15.2. The molecule has 0 bridgehead atoms. The lowest BCUT2D eigenvalue weighted by atomic mass is 9.86. The third kappa shape index (κ3) is 8.30. The van der Waals surface area contributed by atoms with E-state index in [1.54, 1.807) is 0 Å². The maximum atomic E-state index is 2.40. The van der Waals surface area contributed by atoms with Crippen LogP contribution in [0.4, 0.5) is 34.1 Å². The van der Waals surface area contributed by atoms with Crippen molar-refractivity contribution < 1.29 is 0 Å². The van der Waals surface area contributed by atoms with E-state index >= 15 is 0 Å². The molecule has 0 atom stereocenters. The molecule has 5 aromatic rings. The number of benzene rings is 5. The monoisotopic (exact) mass is 650 g/mol. The van der Waals surface area contributed by atoms with Crippen LogP contribution in [-0.4, -0.2) is 0 Å². The zero-order valence-corrected chi connectivity index (χ0v) is 32.4. The molecule has 0 amide bonds. The summed E-state index contributed by atoms with van der Waals surface area (Å²) in [4.78, 5) is 4.80. The van der Waals surface area contributed by atoms with E-state index in [0.29, 0.717) is 0 Å². The molecule has 49 heavy (non-hydrogen) atoms. The van der Waals surface area contributed by atoms with Gasteiger partial charge in [-0.2, -0.15) is 0 Å². The van der Waals surface area contributed by atoms with Crippen molar-refractivity contribution in [3.05, 3.63) is 143 Å². The molecule has 0 aliphatic heterocycles. The Morgan fingerprint density at radius 1 is 0.286 bits per heavy atom. The minimum Gasteiger partial charge on any atom is -0.310 e. The normalized spacial score (nSPS) is 12.6. The Bertz CT molecular complexity index is 1600. The molecule has 256 valence electrons. The molecule has 5 aromatic carbocycles. The van der Waals surface area contributed by atoms with Gasteiger partial charge in [0.05, 0.1) is 0 Å². The fourth-order valence-electron chi connectivity index (χ4n) is 6.34. The van der Waals surface area contributed by atoms with Crippen molar-refractivity contribution in [2.24, 2.45) is 0 Å². The summed E-state index contributed by atoms with van der Waals surface area (Å²) in [5, 5.41) is 0. The van der Waals surface area contributed by atoms with E-state index in [2.05, 4.69) is 215 Å². The number of nitrogens with zero attached hydrogens (tertiary/aromatic N) is 2. The van der Waals surface area contributed by atoms with Gasteiger partial charge in [0.1, 0.15) is 0 Å². The highest BCUT2D eigenvalue weighted by molar-refractivity contribution is 5.84. The average molecular weight is 651 g/mol. The fraction of sp³-hybridized carbons (Fsp3) is 0.362. The van der Waals surface area contributed by atoms with Crippen LogP contribution in [0.25, 0.3) is 0 Å². The lowest BCUT2D eigenvalue weighted by Gasteiger charge is -2.31. The summed E-state index contributed by atoms with van der Waals surface area (Å²) < 4.78 is 0. The highest BCUT2D eigenvalue weighted by Crippen LogP contribution is 2.43. The fourth-order valence-corrected chi connectivity index (χ4v) is 6.34. The molecule has 0 saturated carbocycles. The predicted molar refractivity (Wildman–Crippen MR) is 215 cm³/mol. The number of aryl methyl sites for hydroxylation is 1. The molecule has 0 N–H and O–H groups in total. The van der Waals surface area contributed by atoms with Crippen LogP contribution in [0.3, 0.4) is 0 Å². The summed E-state index contributed by atoms with van der Waals surface area (Å²) in [6.07, 6.45) is 0. The molecule has 0 radical (unpaired) electrons. The van der Waals surface area contributed by atoms with E-state index in [9.17, 15) is 0 Å². The molecule has 0 spiro atoms. The molecule has 0 unspecified atom stereocenters. The molecule has 0 heterocycles. The molecule has 0 aliphatic carbocycles. The molecular formula is C47H58N2. The topological polar surface area (TPSA) is 6.48 Å². The first-order chi connectivity index (χ1) is 22.7. The maximum Gasteiger partial charge on any atom is 0.0485 e. The van der Waals surface area contributed by atoms with Crippen molar-refractivity contribution in [3.8, 4) is 0 Å². The average Bonchev–Trinajstić information content (AvgIpc) is 3.00.